The molecular formula is C17H26F2N4S. The van der Waals surface area contributed by atoms with Crippen LogP contribution in [0.15, 0.2) is 23.2 Å². The molecule has 134 valence electrons. The van der Waals surface area contributed by atoms with E-state index in [4.69, 9.17) is 0 Å². The minimum atomic E-state index is -0.526. The molecule has 1 aromatic carbocycles. The number of likely N-dealkylation sites (N-methyl/N-ethyl adjacent to an activating group) is 1. The fraction of sp³-hybridized carbons (Fsp3) is 0.588. The van der Waals surface area contributed by atoms with Gasteiger partial charge in [0.1, 0.15) is 11.6 Å². The molecule has 0 spiro atoms. The van der Waals surface area contributed by atoms with Crippen molar-refractivity contribution in [1.29, 1.82) is 0 Å². The zero-order chi connectivity index (χ0) is 17.5. The second-order valence-corrected chi connectivity index (χ2v) is 7.28. The van der Waals surface area contributed by atoms with Crippen LogP contribution in [-0.4, -0.2) is 56.1 Å². The third-order valence-corrected chi connectivity index (χ3v) is 5.36. The van der Waals surface area contributed by atoms with Crippen LogP contribution in [0.3, 0.4) is 0 Å². The molecule has 0 aliphatic carbocycles. The molecule has 0 aromatic heterocycles. The van der Waals surface area contributed by atoms with Gasteiger partial charge in [0.2, 0.25) is 0 Å². The van der Waals surface area contributed by atoms with E-state index < -0.39 is 17.7 Å². The summed E-state index contributed by atoms with van der Waals surface area (Å²) in [5, 5.41) is 6.60. The first-order valence-corrected chi connectivity index (χ1v) is 9.33. The fourth-order valence-electron chi connectivity index (χ4n) is 2.81. The molecule has 1 fully saturated rings. The van der Waals surface area contributed by atoms with Gasteiger partial charge in [-0.3, -0.25) is 4.99 Å². The highest BCUT2D eigenvalue weighted by Crippen LogP contribution is 2.24. The standard InChI is InChI=1S/C17H26F2N4S/c1-20-17(22-12-6-5-9-24-11-12)21-10-15(23(2)3)16-13(18)7-4-8-14(16)19/h4,7-8,12,15H,5-6,9-11H2,1-3H3,(H2,20,21,22). The summed E-state index contributed by atoms with van der Waals surface area (Å²) in [4.78, 5) is 6.03. The van der Waals surface area contributed by atoms with Crippen LogP contribution >= 0.6 is 11.8 Å². The molecule has 2 unspecified atom stereocenters. The van der Waals surface area contributed by atoms with Crippen molar-refractivity contribution < 1.29 is 8.78 Å². The average Bonchev–Trinajstić information content (AvgIpc) is 2.56. The Bertz CT molecular complexity index is 539. The van der Waals surface area contributed by atoms with Crippen LogP contribution in [0.4, 0.5) is 8.78 Å². The molecule has 2 rings (SSSR count). The maximum absolute atomic E-state index is 14.1. The number of guanidine groups is 1. The average molecular weight is 356 g/mol. The van der Waals surface area contributed by atoms with Crippen molar-refractivity contribution in [2.45, 2.75) is 24.9 Å². The van der Waals surface area contributed by atoms with Gasteiger partial charge in [-0.25, -0.2) is 8.78 Å². The molecule has 24 heavy (non-hydrogen) atoms. The highest BCUT2D eigenvalue weighted by atomic mass is 32.2. The smallest absolute Gasteiger partial charge is 0.191 e. The second kappa shape index (κ2) is 9.22. The van der Waals surface area contributed by atoms with Gasteiger partial charge in [-0.2, -0.15) is 11.8 Å². The first kappa shape index (κ1) is 19.0. The van der Waals surface area contributed by atoms with Crippen LogP contribution in [0.5, 0.6) is 0 Å². The van der Waals surface area contributed by atoms with E-state index in [2.05, 4.69) is 15.6 Å². The van der Waals surface area contributed by atoms with E-state index in [-0.39, 0.29) is 5.56 Å². The lowest BCUT2D eigenvalue weighted by Crippen LogP contribution is -2.47. The van der Waals surface area contributed by atoms with Gasteiger partial charge in [0.05, 0.1) is 6.04 Å². The van der Waals surface area contributed by atoms with E-state index in [1.807, 2.05) is 25.9 Å². The fourth-order valence-corrected chi connectivity index (χ4v) is 3.88. The molecule has 1 saturated heterocycles. The number of hydrogen-bond donors (Lipinski definition) is 2. The quantitative estimate of drug-likeness (QED) is 0.628. The molecule has 1 aliphatic heterocycles. The van der Waals surface area contributed by atoms with Crippen LogP contribution < -0.4 is 10.6 Å². The third-order valence-electron chi connectivity index (χ3n) is 4.14. The summed E-state index contributed by atoms with van der Waals surface area (Å²) < 4.78 is 28.2. The molecule has 0 radical (unpaired) electrons. The third kappa shape index (κ3) is 5.08. The monoisotopic (exact) mass is 356 g/mol. The van der Waals surface area contributed by atoms with Crippen LogP contribution in [0, 0.1) is 11.6 Å². The Morgan fingerprint density at radius 2 is 2.08 bits per heavy atom. The lowest BCUT2D eigenvalue weighted by molar-refractivity contribution is 0.282. The number of thioether (sulfide) groups is 1. The van der Waals surface area contributed by atoms with Crippen molar-refractivity contribution in [3.63, 3.8) is 0 Å². The number of nitrogens with zero attached hydrogens (tertiary/aromatic N) is 2. The van der Waals surface area contributed by atoms with Gasteiger partial charge in [-0.05, 0) is 44.8 Å². The van der Waals surface area contributed by atoms with Gasteiger partial charge in [0.25, 0.3) is 0 Å². The number of halogens is 2. The minimum Gasteiger partial charge on any atom is -0.354 e. The molecule has 1 aromatic rings. The summed E-state index contributed by atoms with van der Waals surface area (Å²) >= 11 is 1.93. The molecule has 1 heterocycles. The Hall–Kier alpha value is -1.34. The van der Waals surface area contributed by atoms with Gasteiger partial charge < -0.3 is 15.5 Å². The number of aliphatic imine (C=N–C) groups is 1. The lowest BCUT2D eigenvalue weighted by Gasteiger charge is -2.28. The Morgan fingerprint density at radius 1 is 1.38 bits per heavy atom. The highest BCUT2D eigenvalue weighted by molar-refractivity contribution is 7.99. The molecule has 2 N–H and O–H groups in total. The SMILES string of the molecule is CN=C(NCC(c1c(F)cccc1F)N(C)C)NC1CCCSC1. The maximum Gasteiger partial charge on any atom is 0.191 e. The zero-order valence-electron chi connectivity index (χ0n) is 14.5. The number of rotatable bonds is 5. The first-order valence-electron chi connectivity index (χ1n) is 8.18. The van der Waals surface area contributed by atoms with Crippen molar-refractivity contribution in [1.82, 2.24) is 15.5 Å². The predicted molar refractivity (Wildman–Crippen MR) is 97.6 cm³/mol. The summed E-state index contributed by atoms with van der Waals surface area (Å²) in [5.41, 5.74) is 0.0821. The highest BCUT2D eigenvalue weighted by Gasteiger charge is 2.23. The largest absolute Gasteiger partial charge is 0.354 e. The van der Waals surface area contributed by atoms with E-state index >= 15 is 0 Å². The molecular weight excluding hydrogens is 330 g/mol. The molecule has 0 saturated carbocycles. The predicted octanol–water partition coefficient (Wildman–Crippen LogP) is 2.63. The molecule has 7 heteroatoms. The molecule has 0 amide bonds. The van der Waals surface area contributed by atoms with E-state index in [9.17, 15) is 8.78 Å². The van der Waals surface area contributed by atoms with Gasteiger partial charge in [0, 0.05) is 31.0 Å². The van der Waals surface area contributed by atoms with Crippen molar-refractivity contribution in [2.75, 3.05) is 39.2 Å². The Balaban J connectivity index is 2.02. The zero-order valence-corrected chi connectivity index (χ0v) is 15.3. The summed E-state index contributed by atoms with van der Waals surface area (Å²) in [6, 6.07) is 3.93. The normalized spacial score (nSPS) is 20.1. The summed E-state index contributed by atoms with van der Waals surface area (Å²) in [6.45, 7) is 0.365. The van der Waals surface area contributed by atoms with E-state index in [0.29, 0.717) is 18.5 Å². The molecule has 1 aliphatic rings. The van der Waals surface area contributed by atoms with E-state index in [1.54, 1.807) is 11.9 Å². The Morgan fingerprint density at radius 3 is 2.62 bits per heavy atom. The molecule has 4 nitrogen and oxygen atoms in total. The Kier molecular flexibility index (Phi) is 7.30. The van der Waals surface area contributed by atoms with Crippen LogP contribution in [0.25, 0.3) is 0 Å². The summed E-state index contributed by atoms with van der Waals surface area (Å²) in [5.74, 6) is 1.88. The van der Waals surface area contributed by atoms with Crippen LogP contribution in [0.2, 0.25) is 0 Å². The molecule has 2 atom stereocenters. The van der Waals surface area contributed by atoms with E-state index in [0.717, 1.165) is 12.2 Å². The molecule has 0 bridgehead atoms. The second-order valence-electron chi connectivity index (χ2n) is 6.13. The van der Waals surface area contributed by atoms with Crippen molar-refractivity contribution >= 4 is 17.7 Å². The summed E-state index contributed by atoms with van der Waals surface area (Å²) in [7, 11) is 5.33. The minimum absolute atomic E-state index is 0.0821. The number of benzene rings is 1. The van der Waals surface area contributed by atoms with Crippen molar-refractivity contribution in [3.8, 4) is 0 Å². The first-order chi connectivity index (χ1) is 11.5. The van der Waals surface area contributed by atoms with E-state index in [1.165, 1.54) is 30.4 Å². The van der Waals surface area contributed by atoms with Crippen molar-refractivity contribution in [2.24, 2.45) is 4.99 Å². The van der Waals surface area contributed by atoms with Gasteiger partial charge in [-0.15, -0.1) is 0 Å². The lowest BCUT2D eigenvalue weighted by atomic mass is 10.0. The van der Waals surface area contributed by atoms with Crippen molar-refractivity contribution in [3.05, 3.63) is 35.4 Å². The van der Waals surface area contributed by atoms with Gasteiger partial charge in [0.15, 0.2) is 5.96 Å². The number of nitrogens with one attached hydrogen (secondary N) is 2. The van der Waals surface area contributed by atoms with Crippen LogP contribution in [0.1, 0.15) is 24.4 Å². The van der Waals surface area contributed by atoms with Crippen LogP contribution in [-0.2, 0) is 0 Å². The topological polar surface area (TPSA) is 39.7 Å². The van der Waals surface area contributed by atoms with Gasteiger partial charge >= 0.3 is 0 Å². The summed E-state index contributed by atoms with van der Waals surface area (Å²) in [6.07, 6.45) is 2.31. The number of hydrogen-bond acceptors (Lipinski definition) is 3. The van der Waals surface area contributed by atoms with Gasteiger partial charge in [-0.1, -0.05) is 6.07 Å². The maximum atomic E-state index is 14.1. The Labute approximate surface area is 147 Å².